The average molecular weight is 381 g/mol. The molecule has 1 aromatic heterocycles. The molecule has 0 spiro atoms. The fourth-order valence-corrected chi connectivity index (χ4v) is 3.82. The fourth-order valence-electron chi connectivity index (χ4n) is 3.82. The van der Waals surface area contributed by atoms with Crippen molar-refractivity contribution in [3.05, 3.63) is 22.9 Å². The summed E-state index contributed by atoms with van der Waals surface area (Å²) in [6.07, 6.45) is 8.31. The number of amides is 1. The van der Waals surface area contributed by atoms with Gasteiger partial charge in [0.15, 0.2) is 0 Å². The first-order valence-electron chi connectivity index (χ1n) is 9.77. The van der Waals surface area contributed by atoms with E-state index in [1.807, 2.05) is 13.8 Å². The Kier molecular flexibility index (Phi) is 7.50. The van der Waals surface area contributed by atoms with Crippen LogP contribution < -0.4 is 5.69 Å². The highest BCUT2D eigenvalue weighted by Gasteiger charge is 2.30. The highest BCUT2D eigenvalue weighted by molar-refractivity contribution is 5.79. The molecule has 1 aliphatic carbocycles. The number of aromatic nitrogens is 2. The van der Waals surface area contributed by atoms with Crippen molar-refractivity contribution in [2.24, 2.45) is 11.8 Å². The summed E-state index contributed by atoms with van der Waals surface area (Å²) >= 11 is 0. The Labute approximate surface area is 159 Å². The Bertz CT molecular complexity index is 688. The van der Waals surface area contributed by atoms with E-state index in [9.17, 15) is 24.6 Å². The minimum Gasteiger partial charge on any atom is -0.480 e. The van der Waals surface area contributed by atoms with E-state index in [2.05, 4.69) is 0 Å². The molecule has 0 saturated heterocycles. The lowest BCUT2D eigenvalue weighted by Gasteiger charge is -2.27. The van der Waals surface area contributed by atoms with Gasteiger partial charge in [-0.15, -0.1) is 0 Å². The van der Waals surface area contributed by atoms with Crippen LogP contribution in [0.1, 0.15) is 52.4 Å². The number of carboxylic acids is 1. The second-order valence-electron chi connectivity index (χ2n) is 7.89. The van der Waals surface area contributed by atoms with E-state index in [-0.39, 0.29) is 31.1 Å². The minimum atomic E-state index is -1.28. The van der Waals surface area contributed by atoms with E-state index >= 15 is 0 Å². The van der Waals surface area contributed by atoms with Gasteiger partial charge in [-0.1, -0.05) is 33.1 Å². The molecule has 1 heterocycles. The zero-order valence-electron chi connectivity index (χ0n) is 16.2. The molecule has 1 amide bonds. The highest BCUT2D eigenvalue weighted by Crippen LogP contribution is 2.24. The van der Waals surface area contributed by atoms with Gasteiger partial charge in [0, 0.05) is 32.0 Å². The van der Waals surface area contributed by atoms with E-state index in [4.69, 9.17) is 0 Å². The number of rotatable bonds is 9. The van der Waals surface area contributed by atoms with Gasteiger partial charge in [0.25, 0.3) is 0 Å². The Morgan fingerprint density at radius 2 is 1.78 bits per heavy atom. The van der Waals surface area contributed by atoms with Crippen LogP contribution >= 0.6 is 0 Å². The highest BCUT2D eigenvalue weighted by atomic mass is 16.4. The second kappa shape index (κ2) is 9.62. The Balaban J connectivity index is 2.03. The van der Waals surface area contributed by atoms with E-state index in [0.29, 0.717) is 12.5 Å². The van der Waals surface area contributed by atoms with Crippen LogP contribution in [0, 0.1) is 11.8 Å². The van der Waals surface area contributed by atoms with Gasteiger partial charge < -0.3 is 10.2 Å². The van der Waals surface area contributed by atoms with Crippen molar-refractivity contribution in [3.8, 4) is 0 Å². The number of nitrogens with zero attached hydrogens (tertiary/aromatic N) is 3. The summed E-state index contributed by atoms with van der Waals surface area (Å²) in [5.41, 5.74) is -0.165. The molecule has 1 aromatic rings. The zero-order chi connectivity index (χ0) is 20.0. The summed E-state index contributed by atoms with van der Waals surface area (Å²) in [7, 11) is 0. The summed E-state index contributed by atoms with van der Waals surface area (Å²) in [6, 6.07) is -1.11. The van der Waals surface area contributed by atoms with Crippen LogP contribution in [0.25, 0.3) is 0 Å². The third kappa shape index (κ3) is 5.87. The quantitative estimate of drug-likeness (QED) is 0.684. The van der Waals surface area contributed by atoms with E-state index in [1.165, 1.54) is 23.8 Å². The molecule has 8 nitrogen and oxygen atoms in total. The minimum absolute atomic E-state index is 0.0353. The second-order valence-corrected chi connectivity index (χ2v) is 7.89. The molecule has 2 N–H and O–H groups in total. The Morgan fingerprint density at radius 3 is 2.33 bits per heavy atom. The first-order valence-corrected chi connectivity index (χ1v) is 9.77. The largest absolute Gasteiger partial charge is 0.480 e. The van der Waals surface area contributed by atoms with Crippen molar-refractivity contribution < 1.29 is 19.8 Å². The van der Waals surface area contributed by atoms with Gasteiger partial charge in [0.1, 0.15) is 6.04 Å². The first kappa shape index (κ1) is 21.1. The number of aliphatic carboxylic acids is 1. The molecule has 1 fully saturated rings. The molecule has 2 rings (SSSR count). The molecule has 0 aromatic carbocycles. The summed E-state index contributed by atoms with van der Waals surface area (Å²) in [5.74, 6) is -0.592. The summed E-state index contributed by atoms with van der Waals surface area (Å²) in [5, 5.41) is 18.8. The van der Waals surface area contributed by atoms with E-state index in [1.54, 1.807) is 17.0 Å². The van der Waals surface area contributed by atoms with E-state index < -0.39 is 18.1 Å². The van der Waals surface area contributed by atoms with Crippen molar-refractivity contribution in [1.29, 1.82) is 0 Å². The molecule has 0 radical (unpaired) electrons. The van der Waals surface area contributed by atoms with Crippen LogP contribution in [0.3, 0.4) is 0 Å². The number of imidazole rings is 1. The maximum Gasteiger partial charge on any atom is 0.408 e. The Morgan fingerprint density at radius 1 is 1.15 bits per heavy atom. The fraction of sp³-hybridized carbons (Fsp3) is 0.737. The number of carboxylic acid groups (broad SMARTS) is 2. The average Bonchev–Trinajstić information content (AvgIpc) is 2.94. The van der Waals surface area contributed by atoms with Crippen LogP contribution in [0.2, 0.25) is 0 Å². The summed E-state index contributed by atoms with van der Waals surface area (Å²) in [4.78, 5) is 36.6. The van der Waals surface area contributed by atoms with Gasteiger partial charge in [0.2, 0.25) is 0 Å². The van der Waals surface area contributed by atoms with Crippen LogP contribution in [-0.2, 0) is 17.9 Å². The molecule has 0 aliphatic heterocycles. The summed E-state index contributed by atoms with van der Waals surface area (Å²) < 4.78 is 3.15. The van der Waals surface area contributed by atoms with Crippen molar-refractivity contribution in [2.45, 2.75) is 71.5 Å². The van der Waals surface area contributed by atoms with Gasteiger partial charge in [-0.3, -0.25) is 14.0 Å². The van der Waals surface area contributed by atoms with E-state index in [0.717, 1.165) is 17.7 Å². The molecule has 1 atom stereocenters. The van der Waals surface area contributed by atoms with Crippen LogP contribution in [0.5, 0.6) is 0 Å². The molecule has 1 saturated carbocycles. The molecule has 152 valence electrons. The number of hydrogen-bond donors (Lipinski definition) is 2. The molecule has 8 heteroatoms. The van der Waals surface area contributed by atoms with Crippen LogP contribution in [0.4, 0.5) is 4.79 Å². The zero-order valence-corrected chi connectivity index (χ0v) is 16.2. The predicted octanol–water partition coefficient (Wildman–Crippen LogP) is 2.71. The van der Waals surface area contributed by atoms with Gasteiger partial charge >= 0.3 is 17.8 Å². The lowest BCUT2D eigenvalue weighted by Crippen LogP contribution is -2.47. The first-order chi connectivity index (χ1) is 12.8. The van der Waals surface area contributed by atoms with Crippen molar-refractivity contribution in [1.82, 2.24) is 14.0 Å². The molecular formula is C19H31N3O5. The predicted molar refractivity (Wildman–Crippen MR) is 101 cm³/mol. The van der Waals surface area contributed by atoms with Crippen LogP contribution in [-0.4, -0.2) is 48.9 Å². The SMILES string of the molecule is CC(C)CC(C(=O)O)N(CCn1ccn(CC2CCCCC2)c1=O)C(=O)O. The van der Waals surface area contributed by atoms with Gasteiger partial charge in [0.05, 0.1) is 0 Å². The smallest absolute Gasteiger partial charge is 0.408 e. The third-order valence-electron chi connectivity index (χ3n) is 5.28. The maximum absolute atomic E-state index is 12.6. The molecule has 27 heavy (non-hydrogen) atoms. The molecule has 0 bridgehead atoms. The Hall–Kier alpha value is -2.25. The molecule has 1 unspecified atom stereocenters. The maximum atomic E-state index is 12.6. The van der Waals surface area contributed by atoms with Crippen LogP contribution in [0.15, 0.2) is 17.2 Å². The third-order valence-corrected chi connectivity index (χ3v) is 5.28. The lowest BCUT2D eigenvalue weighted by molar-refractivity contribution is -0.143. The van der Waals surface area contributed by atoms with Crippen molar-refractivity contribution in [2.75, 3.05) is 6.54 Å². The number of hydrogen-bond acceptors (Lipinski definition) is 3. The van der Waals surface area contributed by atoms with Gasteiger partial charge in [-0.25, -0.2) is 14.4 Å². The standard InChI is InChI=1S/C19H31N3O5/c1-14(2)12-16(17(23)24)22(19(26)27)11-10-20-8-9-21(18(20)25)13-15-6-4-3-5-7-15/h8-9,14-16H,3-7,10-13H2,1-2H3,(H,23,24)(H,26,27). The molecular weight excluding hydrogens is 350 g/mol. The lowest BCUT2D eigenvalue weighted by atomic mass is 9.89. The number of carbonyl (C=O) groups is 2. The molecule has 1 aliphatic rings. The van der Waals surface area contributed by atoms with Crippen molar-refractivity contribution in [3.63, 3.8) is 0 Å². The van der Waals surface area contributed by atoms with Gasteiger partial charge in [-0.05, 0) is 31.1 Å². The van der Waals surface area contributed by atoms with Gasteiger partial charge in [-0.2, -0.15) is 0 Å². The normalized spacial score (nSPS) is 16.4. The summed E-state index contributed by atoms with van der Waals surface area (Å²) in [6.45, 7) is 4.51. The van der Waals surface area contributed by atoms with Crippen molar-refractivity contribution >= 4 is 12.1 Å². The topological polar surface area (TPSA) is 105 Å². The monoisotopic (exact) mass is 381 g/mol.